The Balaban J connectivity index is 2.80. The van der Waals surface area contributed by atoms with Crippen LogP contribution in [0, 0.1) is 0 Å². The quantitative estimate of drug-likeness (QED) is 0.615. The molecule has 0 aliphatic heterocycles. The largest absolute Gasteiger partial charge is 0.469 e. The molecule has 1 rings (SSSR count). The molecule has 0 N–H and O–H groups in total. The number of aryl methyl sites for hydroxylation is 1. The number of esters is 1. The third-order valence-corrected chi connectivity index (χ3v) is 3.33. The highest BCUT2D eigenvalue weighted by molar-refractivity contribution is 9.09. The lowest BCUT2D eigenvalue weighted by atomic mass is 9.81. The van der Waals surface area contributed by atoms with Crippen molar-refractivity contribution in [1.29, 1.82) is 0 Å². The SMILES string of the molecule is COC(=O)CC(C)(C)c1ccc(CCBr)cc1. The highest BCUT2D eigenvalue weighted by atomic mass is 79.9. The average Bonchev–Trinajstić information content (AvgIpc) is 2.29. The summed E-state index contributed by atoms with van der Waals surface area (Å²) in [6, 6.07) is 8.44. The average molecular weight is 299 g/mol. The van der Waals surface area contributed by atoms with Gasteiger partial charge in [-0.15, -0.1) is 0 Å². The van der Waals surface area contributed by atoms with Crippen LogP contribution in [0.5, 0.6) is 0 Å². The summed E-state index contributed by atoms with van der Waals surface area (Å²) in [6.07, 6.45) is 1.43. The van der Waals surface area contributed by atoms with Gasteiger partial charge in [-0.3, -0.25) is 4.79 Å². The Kier molecular flexibility index (Phi) is 5.19. The molecule has 0 aromatic heterocycles. The molecule has 94 valence electrons. The summed E-state index contributed by atoms with van der Waals surface area (Å²) in [7, 11) is 1.43. The van der Waals surface area contributed by atoms with Crippen molar-refractivity contribution in [2.75, 3.05) is 12.4 Å². The first-order chi connectivity index (χ1) is 7.99. The summed E-state index contributed by atoms with van der Waals surface area (Å²) in [5.41, 5.74) is 2.29. The van der Waals surface area contributed by atoms with Gasteiger partial charge in [-0.1, -0.05) is 54.0 Å². The van der Waals surface area contributed by atoms with Crippen molar-refractivity contribution in [3.63, 3.8) is 0 Å². The number of alkyl halides is 1. The van der Waals surface area contributed by atoms with E-state index in [2.05, 4.69) is 54.0 Å². The molecule has 0 bridgehead atoms. The van der Waals surface area contributed by atoms with E-state index in [4.69, 9.17) is 4.74 Å². The van der Waals surface area contributed by atoms with Crippen LogP contribution in [0.2, 0.25) is 0 Å². The number of hydrogen-bond donors (Lipinski definition) is 0. The Labute approximate surface area is 111 Å². The highest BCUT2D eigenvalue weighted by Crippen LogP contribution is 2.27. The number of carbonyl (C=O) groups excluding carboxylic acids is 1. The normalized spacial score (nSPS) is 11.3. The van der Waals surface area contributed by atoms with Crippen LogP contribution >= 0.6 is 15.9 Å². The molecule has 0 radical (unpaired) electrons. The third kappa shape index (κ3) is 4.15. The number of halogens is 1. The van der Waals surface area contributed by atoms with Crippen molar-refractivity contribution in [3.8, 4) is 0 Å². The minimum absolute atomic E-state index is 0.167. The van der Waals surface area contributed by atoms with E-state index in [1.54, 1.807) is 0 Å². The Hall–Kier alpha value is -0.830. The summed E-state index contributed by atoms with van der Waals surface area (Å²) in [5, 5.41) is 0.970. The minimum Gasteiger partial charge on any atom is -0.469 e. The van der Waals surface area contributed by atoms with Crippen LogP contribution in [0.1, 0.15) is 31.4 Å². The number of carbonyl (C=O) groups is 1. The molecule has 0 amide bonds. The number of rotatable bonds is 5. The molecule has 0 unspecified atom stereocenters. The van der Waals surface area contributed by atoms with E-state index in [9.17, 15) is 4.79 Å². The first-order valence-corrected chi connectivity index (χ1v) is 6.84. The standard InChI is InChI=1S/C14H19BrO2/c1-14(2,10-13(16)17-3)12-6-4-11(5-7-12)8-9-15/h4-7H,8-10H2,1-3H3. The maximum absolute atomic E-state index is 11.3. The second-order valence-electron chi connectivity index (χ2n) is 4.77. The van der Waals surface area contributed by atoms with E-state index in [0.29, 0.717) is 6.42 Å². The molecular formula is C14H19BrO2. The van der Waals surface area contributed by atoms with Crippen LogP contribution in [0.4, 0.5) is 0 Å². The fourth-order valence-electron chi connectivity index (χ4n) is 1.77. The van der Waals surface area contributed by atoms with Gasteiger partial charge < -0.3 is 4.74 Å². The Morgan fingerprint density at radius 1 is 1.29 bits per heavy atom. The first kappa shape index (κ1) is 14.2. The second-order valence-corrected chi connectivity index (χ2v) is 5.57. The van der Waals surface area contributed by atoms with Gasteiger partial charge in [0.05, 0.1) is 13.5 Å². The molecular weight excluding hydrogens is 280 g/mol. The fraction of sp³-hybridized carbons (Fsp3) is 0.500. The molecule has 17 heavy (non-hydrogen) atoms. The van der Waals surface area contributed by atoms with Crippen LogP contribution < -0.4 is 0 Å². The molecule has 0 aliphatic carbocycles. The summed E-state index contributed by atoms with van der Waals surface area (Å²) in [6.45, 7) is 4.12. The lowest BCUT2D eigenvalue weighted by Gasteiger charge is -2.24. The van der Waals surface area contributed by atoms with Crippen molar-refractivity contribution >= 4 is 21.9 Å². The van der Waals surface area contributed by atoms with Gasteiger partial charge in [0.1, 0.15) is 0 Å². The summed E-state index contributed by atoms with van der Waals surface area (Å²) >= 11 is 3.42. The molecule has 1 aromatic carbocycles. The molecule has 0 atom stereocenters. The van der Waals surface area contributed by atoms with Gasteiger partial charge in [0.2, 0.25) is 0 Å². The lowest BCUT2D eigenvalue weighted by Crippen LogP contribution is -2.22. The van der Waals surface area contributed by atoms with E-state index >= 15 is 0 Å². The maximum atomic E-state index is 11.3. The van der Waals surface area contributed by atoms with Gasteiger partial charge in [0.15, 0.2) is 0 Å². The predicted octanol–water partition coefficient (Wildman–Crippen LogP) is 3.46. The topological polar surface area (TPSA) is 26.3 Å². The molecule has 0 spiro atoms. The highest BCUT2D eigenvalue weighted by Gasteiger charge is 2.24. The Morgan fingerprint density at radius 3 is 2.35 bits per heavy atom. The fourth-order valence-corrected chi connectivity index (χ4v) is 2.22. The van der Waals surface area contributed by atoms with Gasteiger partial charge in [0.25, 0.3) is 0 Å². The van der Waals surface area contributed by atoms with Crippen LogP contribution in [-0.2, 0) is 21.4 Å². The van der Waals surface area contributed by atoms with Crippen molar-refractivity contribution in [2.45, 2.75) is 32.1 Å². The zero-order valence-electron chi connectivity index (χ0n) is 10.6. The first-order valence-electron chi connectivity index (χ1n) is 5.72. The van der Waals surface area contributed by atoms with Crippen LogP contribution in [0.25, 0.3) is 0 Å². The van der Waals surface area contributed by atoms with Crippen LogP contribution in [0.15, 0.2) is 24.3 Å². The monoisotopic (exact) mass is 298 g/mol. The van der Waals surface area contributed by atoms with E-state index < -0.39 is 0 Å². The van der Waals surface area contributed by atoms with Crippen molar-refractivity contribution in [1.82, 2.24) is 0 Å². The molecule has 0 heterocycles. The van der Waals surface area contributed by atoms with Gasteiger partial charge in [-0.2, -0.15) is 0 Å². The van der Waals surface area contributed by atoms with Crippen molar-refractivity contribution in [2.24, 2.45) is 0 Å². The summed E-state index contributed by atoms with van der Waals surface area (Å²) < 4.78 is 4.72. The molecule has 0 aliphatic rings. The minimum atomic E-state index is -0.181. The van der Waals surface area contributed by atoms with Gasteiger partial charge in [-0.05, 0) is 17.5 Å². The molecule has 2 nitrogen and oxygen atoms in total. The zero-order chi connectivity index (χ0) is 12.9. The maximum Gasteiger partial charge on any atom is 0.306 e. The summed E-state index contributed by atoms with van der Waals surface area (Å²) in [5.74, 6) is -0.167. The van der Waals surface area contributed by atoms with Gasteiger partial charge in [-0.25, -0.2) is 0 Å². The number of ether oxygens (including phenoxy) is 1. The Bertz CT molecular complexity index is 368. The number of methoxy groups -OCH3 is 1. The number of benzene rings is 1. The molecule has 1 aromatic rings. The number of hydrogen-bond acceptors (Lipinski definition) is 2. The van der Waals surface area contributed by atoms with E-state index in [1.807, 2.05) is 0 Å². The van der Waals surface area contributed by atoms with Gasteiger partial charge >= 0.3 is 5.97 Å². The van der Waals surface area contributed by atoms with Crippen molar-refractivity contribution < 1.29 is 9.53 Å². The molecule has 3 heteroatoms. The van der Waals surface area contributed by atoms with Gasteiger partial charge in [0, 0.05) is 10.7 Å². The molecule has 0 saturated carbocycles. The smallest absolute Gasteiger partial charge is 0.306 e. The van der Waals surface area contributed by atoms with Crippen LogP contribution in [-0.4, -0.2) is 18.4 Å². The van der Waals surface area contributed by atoms with E-state index in [0.717, 1.165) is 11.8 Å². The molecule has 0 saturated heterocycles. The van der Waals surface area contributed by atoms with Crippen molar-refractivity contribution in [3.05, 3.63) is 35.4 Å². The van der Waals surface area contributed by atoms with E-state index in [1.165, 1.54) is 18.2 Å². The molecule has 0 fully saturated rings. The third-order valence-electron chi connectivity index (χ3n) is 2.93. The predicted molar refractivity (Wildman–Crippen MR) is 73.6 cm³/mol. The van der Waals surface area contributed by atoms with Crippen LogP contribution in [0.3, 0.4) is 0 Å². The summed E-state index contributed by atoms with van der Waals surface area (Å²) in [4.78, 5) is 11.3. The lowest BCUT2D eigenvalue weighted by molar-refractivity contribution is -0.141. The van der Waals surface area contributed by atoms with E-state index in [-0.39, 0.29) is 11.4 Å². The Morgan fingerprint density at radius 2 is 1.88 bits per heavy atom. The zero-order valence-corrected chi connectivity index (χ0v) is 12.2. The second kappa shape index (κ2) is 6.20.